The number of ether oxygens (including phenoxy) is 2. The molecule has 5 heteroatoms. The fourth-order valence-electron chi connectivity index (χ4n) is 1.75. The van der Waals surface area contributed by atoms with Crippen molar-refractivity contribution in [2.45, 2.75) is 6.92 Å². The van der Waals surface area contributed by atoms with Gasteiger partial charge in [-0.25, -0.2) is 0 Å². The van der Waals surface area contributed by atoms with E-state index in [4.69, 9.17) is 9.47 Å². The van der Waals surface area contributed by atoms with Crippen LogP contribution in [0.2, 0.25) is 0 Å². The molecule has 1 aromatic carbocycles. The van der Waals surface area contributed by atoms with Gasteiger partial charge < -0.3 is 14.4 Å². The van der Waals surface area contributed by atoms with Crippen LogP contribution in [0.4, 0.5) is 0 Å². The van der Waals surface area contributed by atoms with E-state index in [0.29, 0.717) is 23.6 Å². The van der Waals surface area contributed by atoms with Gasteiger partial charge in [0.25, 0.3) is 0 Å². The van der Waals surface area contributed by atoms with E-state index in [9.17, 15) is 9.59 Å². The van der Waals surface area contributed by atoms with Gasteiger partial charge in [-0.15, -0.1) is 6.58 Å². The summed E-state index contributed by atoms with van der Waals surface area (Å²) in [6.45, 7) is 5.31. The summed E-state index contributed by atoms with van der Waals surface area (Å²) in [4.78, 5) is 25.1. The van der Waals surface area contributed by atoms with Crippen molar-refractivity contribution in [3.05, 3.63) is 36.4 Å². The second kappa shape index (κ2) is 7.33. The second-order valence-electron chi connectivity index (χ2n) is 4.18. The van der Waals surface area contributed by atoms with Gasteiger partial charge in [-0.3, -0.25) is 9.59 Å². The molecule has 0 aliphatic carbocycles. The molecule has 0 aromatic heterocycles. The SMILES string of the molecule is C=CCN(CC(=O)c1ccc(OC)cc1OC)C(C)=O. The Bertz CT molecular complexity index is 511. The molecular weight excluding hydrogens is 258 g/mol. The lowest BCUT2D eigenvalue weighted by molar-refractivity contribution is -0.127. The van der Waals surface area contributed by atoms with E-state index in [1.165, 1.54) is 26.0 Å². The molecule has 0 radical (unpaired) electrons. The minimum atomic E-state index is -0.193. The van der Waals surface area contributed by atoms with Crippen molar-refractivity contribution in [2.24, 2.45) is 0 Å². The van der Waals surface area contributed by atoms with Gasteiger partial charge in [0.2, 0.25) is 5.91 Å². The highest BCUT2D eigenvalue weighted by molar-refractivity contribution is 6.01. The lowest BCUT2D eigenvalue weighted by Gasteiger charge is -2.19. The standard InChI is InChI=1S/C15H19NO4/c1-5-8-16(11(2)17)10-14(18)13-7-6-12(19-3)9-15(13)20-4/h5-7,9H,1,8,10H2,2-4H3. The molecule has 108 valence electrons. The molecule has 1 amide bonds. The molecule has 0 N–H and O–H groups in total. The summed E-state index contributed by atoms with van der Waals surface area (Å²) < 4.78 is 10.3. The predicted molar refractivity (Wildman–Crippen MR) is 76.3 cm³/mol. The maximum absolute atomic E-state index is 12.3. The zero-order chi connectivity index (χ0) is 15.1. The number of hydrogen-bond donors (Lipinski definition) is 0. The highest BCUT2D eigenvalue weighted by Gasteiger charge is 2.17. The number of ketones is 1. The van der Waals surface area contributed by atoms with Crippen LogP contribution in [0.25, 0.3) is 0 Å². The summed E-state index contributed by atoms with van der Waals surface area (Å²) in [5.74, 6) is 0.664. The van der Waals surface area contributed by atoms with E-state index in [-0.39, 0.29) is 18.2 Å². The zero-order valence-corrected chi connectivity index (χ0v) is 12.0. The summed E-state index contributed by atoms with van der Waals surface area (Å²) >= 11 is 0. The number of carbonyl (C=O) groups excluding carboxylic acids is 2. The third-order valence-corrected chi connectivity index (χ3v) is 2.84. The van der Waals surface area contributed by atoms with Gasteiger partial charge in [0, 0.05) is 19.5 Å². The van der Waals surface area contributed by atoms with Gasteiger partial charge >= 0.3 is 0 Å². The fraction of sp³-hybridized carbons (Fsp3) is 0.333. The summed E-state index contributed by atoms with van der Waals surface area (Å²) in [7, 11) is 3.02. The quantitative estimate of drug-likeness (QED) is 0.564. The van der Waals surface area contributed by atoms with Gasteiger partial charge in [0.05, 0.1) is 26.3 Å². The third kappa shape index (κ3) is 3.85. The van der Waals surface area contributed by atoms with Crippen LogP contribution in [0.5, 0.6) is 11.5 Å². The second-order valence-corrected chi connectivity index (χ2v) is 4.18. The van der Waals surface area contributed by atoms with Crippen LogP contribution in [0.1, 0.15) is 17.3 Å². The van der Waals surface area contributed by atoms with Crippen LogP contribution < -0.4 is 9.47 Å². The summed E-state index contributed by atoms with van der Waals surface area (Å²) in [5.41, 5.74) is 0.420. The largest absolute Gasteiger partial charge is 0.497 e. The first kappa shape index (κ1) is 15.8. The van der Waals surface area contributed by atoms with Gasteiger partial charge in [0.15, 0.2) is 5.78 Å². The van der Waals surface area contributed by atoms with Crippen LogP contribution in [-0.2, 0) is 4.79 Å². The first-order valence-corrected chi connectivity index (χ1v) is 6.15. The van der Waals surface area contributed by atoms with Crippen molar-refractivity contribution < 1.29 is 19.1 Å². The van der Waals surface area contributed by atoms with Crippen molar-refractivity contribution in [1.29, 1.82) is 0 Å². The molecule has 0 heterocycles. The number of methoxy groups -OCH3 is 2. The number of hydrogen-bond acceptors (Lipinski definition) is 4. The first-order valence-electron chi connectivity index (χ1n) is 6.15. The summed E-state index contributed by atoms with van der Waals surface area (Å²) in [6.07, 6.45) is 1.58. The minimum Gasteiger partial charge on any atom is -0.497 e. The molecule has 0 unspecified atom stereocenters. The Hall–Kier alpha value is -2.30. The maximum atomic E-state index is 12.3. The van der Waals surface area contributed by atoms with E-state index in [1.807, 2.05) is 0 Å². The van der Waals surface area contributed by atoms with Crippen LogP contribution in [-0.4, -0.2) is 43.9 Å². The molecule has 0 aliphatic rings. The van der Waals surface area contributed by atoms with Crippen molar-refractivity contribution in [2.75, 3.05) is 27.3 Å². The lowest BCUT2D eigenvalue weighted by atomic mass is 10.1. The number of benzene rings is 1. The molecule has 0 saturated carbocycles. The normalized spacial score (nSPS) is 9.75. The monoisotopic (exact) mass is 277 g/mol. The Morgan fingerprint density at radius 1 is 1.30 bits per heavy atom. The Labute approximate surface area is 118 Å². The highest BCUT2D eigenvalue weighted by Crippen LogP contribution is 2.25. The Morgan fingerprint density at radius 2 is 2.00 bits per heavy atom. The molecule has 5 nitrogen and oxygen atoms in total. The van der Waals surface area contributed by atoms with Crippen LogP contribution >= 0.6 is 0 Å². The van der Waals surface area contributed by atoms with Crippen molar-refractivity contribution in [3.63, 3.8) is 0 Å². The molecule has 0 atom stereocenters. The molecule has 0 aliphatic heterocycles. The topological polar surface area (TPSA) is 55.8 Å². The van der Waals surface area contributed by atoms with Crippen LogP contribution in [0.3, 0.4) is 0 Å². The predicted octanol–water partition coefficient (Wildman–Crippen LogP) is 1.92. The van der Waals surface area contributed by atoms with Gasteiger partial charge in [-0.2, -0.15) is 0 Å². The molecular formula is C15H19NO4. The van der Waals surface area contributed by atoms with Crippen molar-refractivity contribution in [1.82, 2.24) is 4.90 Å². The highest BCUT2D eigenvalue weighted by atomic mass is 16.5. The van der Waals surface area contributed by atoms with E-state index in [2.05, 4.69) is 6.58 Å². The van der Waals surface area contributed by atoms with E-state index in [0.717, 1.165) is 0 Å². The van der Waals surface area contributed by atoms with E-state index in [1.54, 1.807) is 24.3 Å². The van der Waals surface area contributed by atoms with Crippen LogP contribution in [0, 0.1) is 0 Å². The Kier molecular flexibility index (Phi) is 5.77. The number of rotatable bonds is 7. The van der Waals surface area contributed by atoms with Gasteiger partial charge in [-0.1, -0.05) is 6.08 Å². The minimum absolute atomic E-state index is 0.00988. The molecule has 20 heavy (non-hydrogen) atoms. The lowest BCUT2D eigenvalue weighted by Crippen LogP contribution is -2.34. The number of carbonyl (C=O) groups is 2. The van der Waals surface area contributed by atoms with Gasteiger partial charge in [0.1, 0.15) is 11.5 Å². The average molecular weight is 277 g/mol. The zero-order valence-electron chi connectivity index (χ0n) is 12.0. The van der Waals surface area contributed by atoms with E-state index >= 15 is 0 Å². The summed E-state index contributed by atoms with van der Waals surface area (Å²) in [5, 5.41) is 0. The molecule has 0 spiro atoms. The number of Topliss-reactive ketones (excluding diaryl/α,β-unsaturated/α-hetero) is 1. The fourth-order valence-corrected chi connectivity index (χ4v) is 1.75. The Morgan fingerprint density at radius 3 is 2.50 bits per heavy atom. The van der Waals surface area contributed by atoms with E-state index < -0.39 is 0 Å². The van der Waals surface area contributed by atoms with Crippen molar-refractivity contribution in [3.8, 4) is 11.5 Å². The molecule has 1 rings (SSSR count). The summed E-state index contributed by atoms with van der Waals surface area (Å²) in [6, 6.07) is 4.95. The molecule has 0 saturated heterocycles. The van der Waals surface area contributed by atoms with Crippen LogP contribution in [0.15, 0.2) is 30.9 Å². The average Bonchev–Trinajstić information content (AvgIpc) is 2.45. The van der Waals surface area contributed by atoms with Gasteiger partial charge in [-0.05, 0) is 12.1 Å². The maximum Gasteiger partial charge on any atom is 0.220 e. The number of nitrogens with zero attached hydrogens (tertiary/aromatic N) is 1. The smallest absolute Gasteiger partial charge is 0.220 e. The first-order chi connectivity index (χ1) is 9.53. The van der Waals surface area contributed by atoms with Crippen molar-refractivity contribution >= 4 is 11.7 Å². The molecule has 0 fully saturated rings. The Balaban J connectivity index is 2.96. The molecule has 1 aromatic rings. The third-order valence-electron chi connectivity index (χ3n) is 2.84. The number of amides is 1. The molecule has 0 bridgehead atoms.